The van der Waals surface area contributed by atoms with Crippen LogP contribution >= 0.6 is 0 Å². The maximum atomic E-state index is 12.3. The van der Waals surface area contributed by atoms with Gasteiger partial charge in [0.1, 0.15) is 0 Å². The Bertz CT molecular complexity index is 971. The van der Waals surface area contributed by atoms with Crippen molar-refractivity contribution in [2.75, 3.05) is 48.3 Å². The molecule has 0 bridgehead atoms. The molecule has 0 unspecified atom stereocenters. The Hall–Kier alpha value is -2.58. The molecule has 1 amide bonds. The number of rotatable bonds is 9. The average Bonchev–Trinajstić information content (AvgIpc) is 2.75. The van der Waals surface area contributed by atoms with Crippen molar-refractivity contribution >= 4 is 27.3 Å². The monoisotopic (exact) mass is 445 g/mol. The highest BCUT2D eigenvalue weighted by molar-refractivity contribution is 7.92. The summed E-state index contributed by atoms with van der Waals surface area (Å²) in [6.07, 6.45) is 1.91. The first-order valence-electron chi connectivity index (χ1n) is 10.6. The predicted octanol–water partition coefficient (Wildman–Crippen LogP) is 2.69. The summed E-state index contributed by atoms with van der Waals surface area (Å²) < 4.78 is 31.1. The largest absolute Gasteiger partial charge is 0.378 e. The summed E-state index contributed by atoms with van der Waals surface area (Å²) in [5.74, 6) is -0.0880. The Morgan fingerprint density at radius 1 is 1.13 bits per heavy atom. The van der Waals surface area contributed by atoms with Crippen molar-refractivity contribution in [3.8, 4) is 0 Å². The molecule has 1 heterocycles. The predicted molar refractivity (Wildman–Crippen MR) is 124 cm³/mol. The van der Waals surface area contributed by atoms with E-state index < -0.39 is 10.0 Å². The van der Waals surface area contributed by atoms with E-state index in [4.69, 9.17) is 4.74 Å². The number of sulfonamides is 1. The summed E-state index contributed by atoms with van der Waals surface area (Å²) in [6.45, 7) is 5.92. The first-order chi connectivity index (χ1) is 14.8. The number of carbonyl (C=O) groups excluding carboxylic acids is 1. The fourth-order valence-corrected chi connectivity index (χ4v) is 4.55. The quantitative estimate of drug-likeness (QED) is 0.642. The summed E-state index contributed by atoms with van der Waals surface area (Å²) in [4.78, 5) is 14.5. The molecule has 0 atom stereocenters. The maximum Gasteiger partial charge on any atom is 0.232 e. The molecule has 2 aromatic carbocycles. The van der Waals surface area contributed by atoms with Gasteiger partial charge in [-0.25, -0.2) is 8.42 Å². The second kappa shape index (κ2) is 10.6. The number of morpholine rings is 1. The zero-order valence-corrected chi connectivity index (χ0v) is 19.0. The molecule has 0 aromatic heterocycles. The number of aryl methyl sites for hydroxylation is 1. The lowest BCUT2D eigenvalue weighted by molar-refractivity contribution is -0.121. The number of carbonyl (C=O) groups is 1. The number of amides is 1. The zero-order chi connectivity index (χ0) is 22.3. The van der Waals surface area contributed by atoms with E-state index in [2.05, 4.69) is 22.3 Å². The van der Waals surface area contributed by atoms with Crippen LogP contribution in [0, 0.1) is 6.92 Å². The van der Waals surface area contributed by atoms with E-state index in [0.717, 1.165) is 43.1 Å². The van der Waals surface area contributed by atoms with Gasteiger partial charge in [0.05, 0.1) is 25.2 Å². The summed E-state index contributed by atoms with van der Waals surface area (Å²) in [5.41, 5.74) is 3.81. The highest BCUT2D eigenvalue weighted by atomic mass is 32.2. The summed E-state index contributed by atoms with van der Waals surface area (Å²) in [5, 5.41) is 2.92. The minimum absolute atomic E-state index is 0.0880. The van der Waals surface area contributed by atoms with Crippen LogP contribution in [0.3, 0.4) is 0 Å². The minimum Gasteiger partial charge on any atom is -0.378 e. The number of benzene rings is 2. The Morgan fingerprint density at radius 3 is 2.48 bits per heavy atom. The smallest absolute Gasteiger partial charge is 0.232 e. The average molecular weight is 446 g/mol. The Morgan fingerprint density at radius 2 is 1.84 bits per heavy atom. The fraction of sp³-hybridized carbons (Fsp3) is 0.435. The molecule has 0 spiro atoms. The van der Waals surface area contributed by atoms with Gasteiger partial charge in [-0.3, -0.25) is 9.10 Å². The first kappa shape index (κ1) is 23.1. The number of nitrogens with zero attached hydrogens (tertiary/aromatic N) is 2. The van der Waals surface area contributed by atoms with E-state index in [-0.39, 0.29) is 18.9 Å². The number of nitrogens with one attached hydrogen (secondary N) is 1. The van der Waals surface area contributed by atoms with E-state index in [1.807, 2.05) is 37.3 Å². The summed E-state index contributed by atoms with van der Waals surface area (Å²) in [7, 11) is -3.41. The van der Waals surface area contributed by atoms with Gasteiger partial charge in [0.25, 0.3) is 0 Å². The molecule has 1 N–H and O–H groups in total. The van der Waals surface area contributed by atoms with Crippen LogP contribution in [-0.2, 0) is 26.1 Å². The van der Waals surface area contributed by atoms with Crippen molar-refractivity contribution in [3.63, 3.8) is 0 Å². The minimum atomic E-state index is -3.41. The Balaban J connectivity index is 1.46. The Labute approximate surface area is 185 Å². The molecule has 168 valence electrons. The van der Waals surface area contributed by atoms with E-state index in [1.54, 1.807) is 6.07 Å². The van der Waals surface area contributed by atoms with Crippen LogP contribution in [0.1, 0.15) is 24.0 Å². The van der Waals surface area contributed by atoms with Crippen LogP contribution in [0.25, 0.3) is 0 Å². The van der Waals surface area contributed by atoms with Gasteiger partial charge in [-0.15, -0.1) is 0 Å². The lowest BCUT2D eigenvalue weighted by Crippen LogP contribution is -2.36. The standard InChI is InChI=1S/C23H31N3O4S/c1-19-5-3-6-22(17-19)26(31(2,28)29)12-4-7-23(27)24-18-20-8-10-21(11-9-20)25-13-15-30-16-14-25/h3,5-6,8-11,17H,4,7,12-16,18H2,1-2H3,(H,24,27). The maximum absolute atomic E-state index is 12.3. The molecular formula is C23H31N3O4S. The van der Waals surface area contributed by atoms with Gasteiger partial charge in [0, 0.05) is 38.3 Å². The second-order valence-corrected chi connectivity index (χ2v) is 9.73. The normalized spacial score (nSPS) is 14.3. The fourth-order valence-electron chi connectivity index (χ4n) is 3.59. The molecule has 7 nitrogen and oxygen atoms in total. The van der Waals surface area contributed by atoms with Crippen LogP contribution in [0.2, 0.25) is 0 Å². The Kier molecular flexibility index (Phi) is 7.92. The van der Waals surface area contributed by atoms with E-state index >= 15 is 0 Å². The van der Waals surface area contributed by atoms with Gasteiger partial charge in [0.15, 0.2) is 0 Å². The van der Waals surface area contributed by atoms with Gasteiger partial charge < -0.3 is 15.0 Å². The number of hydrogen-bond donors (Lipinski definition) is 1. The molecule has 1 saturated heterocycles. The molecule has 2 aromatic rings. The molecule has 3 rings (SSSR count). The summed E-state index contributed by atoms with van der Waals surface area (Å²) in [6, 6.07) is 15.5. The van der Waals surface area contributed by atoms with Gasteiger partial charge in [0.2, 0.25) is 15.9 Å². The van der Waals surface area contributed by atoms with Gasteiger partial charge in [-0.2, -0.15) is 0 Å². The molecule has 1 aliphatic heterocycles. The van der Waals surface area contributed by atoms with Crippen molar-refractivity contribution in [2.24, 2.45) is 0 Å². The van der Waals surface area contributed by atoms with Crippen LogP contribution in [-0.4, -0.2) is 53.4 Å². The third kappa shape index (κ3) is 6.97. The molecule has 0 aliphatic carbocycles. The van der Waals surface area contributed by atoms with E-state index in [1.165, 1.54) is 10.6 Å². The van der Waals surface area contributed by atoms with Crippen LogP contribution in [0.4, 0.5) is 11.4 Å². The molecule has 0 saturated carbocycles. The SMILES string of the molecule is Cc1cccc(N(CCCC(=O)NCc2ccc(N3CCOCC3)cc2)S(C)(=O)=O)c1. The highest BCUT2D eigenvalue weighted by Gasteiger charge is 2.17. The second-order valence-electron chi connectivity index (χ2n) is 7.82. The van der Waals surface area contributed by atoms with Crippen molar-refractivity contribution in [1.82, 2.24) is 5.32 Å². The molecule has 0 radical (unpaired) electrons. The topological polar surface area (TPSA) is 79.0 Å². The zero-order valence-electron chi connectivity index (χ0n) is 18.2. The molecule has 8 heteroatoms. The number of ether oxygens (including phenoxy) is 1. The van der Waals surface area contributed by atoms with Crippen LogP contribution < -0.4 is 14.5 Å². The van der Waals surface area contributed by atoms with Gasteiger partial charge in [-0.1, -0.05) is 24.3 Å². The lowest BCUT2D eigenvalue weighted by atomic mass is 10.2. The van der Waals surface area contributed by atoms with Crippen molar-refractivity contribution in [1.29, 1.82) is 0 Å². The molecular weight excluding hydrogens is 414 g/mol. The van der Waals surface area contributed by atoms with Crippen LogP contribution in [0.5, 0.6) is 0 Å². The molecule has 1 aliphatic rings. The third-order valence-electron chi connectivity index (χ3n) is 5.26. The third-order valence-corrected chi connectivity index (χ3v) is 6.45. The van der Waals surface area contributed by atoms with Crippen molar-refractivity contribution in [3.05, 3.63) is 59.7 Å². The van der Waals surface area contributed by atoms with Crippen LogP contribution in [0.15, 0.2) is 48.5 Å². The molecule has 31 heavy (non-hydrogen) atoms. The van der Waals surface area contributed by atoms with E-state index in [0.29, 0.717) is 18.7 Å². The van der Waals surface area contributed by atoms with Crippen molar-refractivity contribution < 1.29 is 17.9 Å². The van der Waals surface area contributed by atoms with E-state index in [9.17, 15) is 13.2 Å². The van der Waals surface area contributed by atoms with Gasteiger partial charge in [-0.05, 0) is 48.7 Å². The number of anilines is 2. The first-order valence-corrected chi connectivity index (χ1v) is 12.4. The lowest BCUT2D eigenvalue weighted by Gasteiger charge is -2.28. The number of hydrogen-bond acceptors (Lipinski definition) is 5. The van der Waals surface area contributed by atoms with Gasteiger partial charge >= 0.3 is 0 Å². The summed E-state index contributed by atoms with van der Waals surface area (Å²) >= 11 is 0. The van der Waals surface area contributed by atoms with Crippen molar-refractivity contribution in [2.45, 2.75) is 26.3 Å². The molecule has 1 fully saturated rings. The highest BCUT2D eigenvalue weighted by Crippen LogP contribution is 2.20.